The average Bonchev–Trinajstić information content (AvgIpc) is 2.85. The third-order valence-corrected chi connectivity index (χ3v) is 6.11. The van der Waals surface area contributed by atoms with E-state index >= 15 is 0 Å². The summed E-state index contributed by atoms with van der Waals surface area (Å²) < 4.78 is 18.7. The number of rotatable bonds is 8. The summed E-state index contributed by atoms with van der Waals surface area (Å²) in [6, 6.07) is 13.8. The summed E-state index contributed by atoms with van der Waals surface area (Å²) in [5.74, 6) is 0.405. The van der Waals surface area contributed by atoms with Gasteiger partial charge in [0.15, 0.2) is 0 Å². The summed E-state index contributed by atoms with van der Waals surface area (Å²) >= 11 is 0. The molecule has 4 rings (SSSR count). The summed E-state index contributed by atoms with van der Waals surface area (Å²) in [5, 5.41) is 3.23. The number of halogens is 1. The zero-order valence-electron chi connectivity index (χ0n) is 18.8. The van der Waals surface area contributed by atoms with Gasteiger partial charge in [0, 0.05) is 24.9 Å². The first kappa shape index (κ1) is 22.9. The number of aromatic nitrogens is 2. The zero-order chi connectivity index (χ0) is 23.0. The van der Waals surface area contributed by atoms with Crippen LogP contribution in [0.3, 0.4) is 0 Å². The number of nitrogens with one attached hydrogen (secondary N) is 1. The number of nitrogens with zero attached hydrogens (tertiary/aromatic N) is 3. The van der Waals surface area contributed by atoms with Crippen LogP contribution in [0.25, 0.3) is 0 Å². The Morgan fingerprint density at radius 3 is 2.61 bits per heavy atom. The van der Waals surface area contributed by atoms with E-state index in [1.807, 2.05) is 31.2 Å². The molecule has 0 bridgehead atoms. The van der Waals surface area contributed by atoms with E-state index in [-0.39, 0.29) is 23.7 Å². The lowest BCUT2D eigenvalue weighted by atomic mass is 9.93. The quantitative estimate of drug-likeness (QED) is 0.566. The fourth-order valence-corrected chi connectivity index (χ4v) is 4.18. The third kappa shape index (κ3) is 6.14. The monoisotopic (exact) mass is 448 g/mol. The molecule has 6 nitrogen and oxygen atoms in total. The Balaban J connectivity index is 1.31. The second-order valence-electron chi connectivity index (χ2n) is 8.35. The van der Waals surface area contributed by atoms with Crippen molar-refractivity contribution in [3.63, 3.8) is 0 Å². The fraction of sp³-hybridized carbons (Fsp3) is 0.346. The maximum Gasteiger partial charge on any atom is 0.224 e. The largest absolute Gasteiger partial charge is 0.492 e. The highest BCUT2D eigenvalue weighted by atomic mass is 19.1. The number of amides is 1. The third-order valence-electron chi connectivity index (χ3n) is 6.11. The molecule has 1 unspecified atom stereocenters. The van der Waals surface area contributed by atoms with Gasteiger partial charge in [-0.25, -0.2) is 4.39 Å². The molecule has 3 aromatic rings. The van der Waals surface area contributed by atoms with Gasteiger partial charge in [0.1, 0.15) is 18.2 Å². The molecule has 7 heteroatoms. The van der Waals surface area contributed by atoms with Crippen molar-refractivity contribution in [2.24, 2.45) is 5.92 Å². The van der Waals surface area contributed by atoms with Crippen LogP contribution in [0.4, 0.5) is 4.39 Å². The van der Waals surface area contributed by atoms with Crippen molar-refractivity contribution in [2.75, 3.05) is 26.2 Å². The molecule has 1 saturated heterocycles. The summed E-state index contributed by atoms with van der Waals surface area (Å²) in [5.41, 5.74) is 2.86. The van der Waals surface area contributed by atoms with E-state index in [2.05, 4.69) is 20.2 Å². The summed E-state index contributed by atoms with van der Waals surface area (Å²) in [4.78, 5) is 24.1. The minimum absolute atomic E-state index is 0.0394. The normalized spacial score (nSPS) is 15.7. The number of carbonyl (C=O) groups excluding carboxylic acids is 1. The highest BCUT2D eigenvalue weighted by Crippen LogP contribution is 2.25. The van der Waals surface area contributed by atoms with Gasteiger partial charge in [-0.15, -0.1) is 0 Å². The Morgan fingerprint density at radius 2 is 1.91 bits per heavy atom. The number of carbonyl (C=O) groups is 1. The lowest BCUT2D eigenvalue weighted by Crippen LogP contribution is -2.43. The van der Waals surface area contributed by atoms with Gasteiger partial charge in [-0.1, -0.05) is 24.3 Å². The molecule has 1 amide bonds. The van der Waals surface area contributed by atoms with Crippen molar-refractivity contribution in [1.29, 1.82) is 0 Å². The van der Waals surface area contributed by atoms with Crippen LogP contribution in [-0.4, -0.2) is 47.0 Å². The first-order valence-electron chi connectivity index (χ1n) is 11.3. The van der Waals surface area contributed by atoms with Crippen molar-refractivity contribution < 1.29 is 13.9 Å². The van der Waals surface area contributed by atoms with Crippen LogP contribution < -0.4 is 10.1 Å². The average molecular weight is 449 g/mol. The van der Waals surface area contributed by atoms with Crippen molar-refractivity contribution in [3.05, 3.63) is 89.8 Å². The van der Waals surface area contributed by atoms with Gasteiger partial charge in [-0.05, 0) is 68.2 Å². The number of piperidine rings is 1. The second-order valence-corrected chi connectivity index (χ2v) is 8.35. The molecule has 0 aliphatic carbocycles. The number of aryl methyl sites for hydroxylation is 1. The summed E-state index contributed by atoms with van der Waals surface area (Å²) in [7, 11) is 0. The van der Waals surface area contributed by atoms with Crippen molar-refractivity contribution in [1.82, 2.24) is 20.2 Å². The highest BCUT2D eigenvalue weighted by molar-refractivity contribution is 5.79. The Hall–Kier alpha value is -3.32. The van der Waals surface area contributed by atoms with Crippen molar-refractivity contribution >= 4 is 5.91 Å². The van der Waals surface area contributed by atoms with Crippen molar-refractivity contribution in [2.45, 2.75) is 25.8 Å². The van der Waals surface area contributed by atoms with E-state index in [1.54, 1.807) is 30.7 Å². The zero-order valence-corrected chi connectivity index (χ0v) is 18.8. The van der Waals surface area contributed by atoms with E-state index in [1.165, 1.54) is 12.1 Å². The molecule has 1 aliphatic rings. The fourth-order valence-electron chi connectivity index (χ4n) is 4.18. The maximum atomic E-state index is 13.2. The standard InChI is InChI=1S/C26H29FN4O2/c1-19-4-2-3-5-23(19)25(24-18-28-12-13-29-24)30-26(32)20-10-14-31(15-11-20)16-17-33-22-8-6-21(27)7-9-22/h2-9,12-13,18,20,25H,10-11,14-17H2,1H3,(H,30,32). The second kappa shape index (κ2) is 11.0. The molecule has 0 spiro atoms. The Bertz CT molecular complexity index is 1040. The van der Waals surface area contributed by atoms with Crippen LogP contribution in [0.5, 0.6) is 5.75 Å². The highest BCUT2D eigenvalue weighted by Gasteiger charge is 2.28. The first-order valence-corrected chi connectivity index (χ1v) is 11.3. The number of likely N-dealkylation sites (tertiary alicyclic amines) is 1. The minimum atomic E-state index is -0.325. The summed E-state index contributed by atoms with van der Waals surface area (Å²) in [6.07, 6.45) is 6.59. The van der Waals surface area contributed by atoms with Crippen LogP contribution in [0.1, 0.15) is 35.7 Å². The van der Waals surface area contributed by atoms with E-state index in [0.29, 0.717) is 12.4 Å². The molecule has 1 atom stereocenters. The molecule has 1 aromatic heterocycles. The van der Waals surface area contributed by atoms with Gasteiger partial charge in [-0.2, -0.15) is 0 Å². The molecular weight excluding hydrogens is 419 g/mol. The Kier molecular flexibility index (Phi) is 7.62. The smallest absolute Gasteiger partial charge is 0.224 e. The molecule has 1 N–H and O–H groups in total. The first-order chi connectivity index (χ1) is 16.1. The molecule has 2 aromatic carbocycles. The molecule has 1 aliphatic heterocycles. The number of ether oxygens (including phenoxy) is 1. The van der Waals surface area contributed by atoms with E-state index in [0.717, 1.165) is 49.3 Å². The molecule has 172 valence electrons. The van der Waals surface area contributed by atoms with Crippen LogP contribution in [0, 0.1) is 18.7 Å². The maximum absolute atomic E-state index is 13.2. The lowest BCUT2D eigenvalue weighted by Gasteiger charge is -2.32. The topological polar surface area (TPSA) is 67.4 Å². The van der Waals surface area contributed by atoms with Crippen molar-refractivity contribution in [3.8, 4) is 5.75 Å². The SMILES string of the molecule is Cc1ccccc1C(NC(=O)C1CCN(CCOc2ccc(F)cc2)CC1)c1cnccn1. The van der Waals surface area contributed by atoms with Crippen LogP contribution >= 0.6 is 0 Å². The van der Waals surface area contributed by atoms with Gasteiger partial charge in [0.2, 0.25) is 5.91 Å². The van der Waals surface area contributed by atoms with Gasteiger partial charge in [0.25, 0.3) is 0 Å². The number of benzene rings is 2. The van der Waals surface area contributed by atoms with Crippen LogP contribution in [-0.2, 0) is 4.79 Å². The predicted molar refractivity (Wildman–Crippen MR) is 124 cm³/mol. The summed E-state index contributed by atoms with van der Waals surface area (Å²) in [6.45, 7) is 5.02. The van der Waals surface area contributed by atoms with E-state index in [4.69, 9.17) is 4.74 Å². The molecule has 0 saturated carbocycles. The van der Waals surface area contributed by atoms with E-state index < -0.39 is 0 Å². The molecular formula is C26H29FN4O2. The van der Waals surface area contributed by atoms with Gasteiger partial charge in [-0.3, -0.25) is 19.7 Å². The molecule has 1 fully saturated rings. The number of hydrogen-bond acceptors (Lipinski definition) is 5. The Morgan fingerprint density at radius 1 is 1.15 bits per heavy atom. The lowest BCUT2D eigenvalue weighted by molar-refractivity contribution is -0.127. The predicted octanol–water partition coefficient (Wildman–Crippen LogP) is 3.92. The van der Waals surface area contributed by atoms with Crippen LogP contribution in [0.2, 0.25) is 0 Å². The van der Waals surface area contributed by atoms with Gasteiger partial charge >= 0.3 is 0 Å². The van der Waals surface area contributed by atoms with E-state index in [9.17, 15) is 9.18 Å². The van der Waals surface area contributed by atoms with Gasteiger partial charge < -0.3 is 10.1 Å². The van der Waals surface area contributed by atoms with Gasteiger partial charge in [0.05, 0.1) is 17.9 Å². The molecule has 33 heavy (non-hydrogen) atoms. The minimum Gasteiger partial charge on any atom is -0.492 e. The molecule has 2 heterocycles. The molecule has 0 radical (unpaired) electrons. The number of hydrogen-bond donors (Lipinski definition) is 1. The van der Waals surface area contributed by atoms with Crippen LogP contribution in [0.15, 0.2) is 67.1 Å². The Labute approximate surface area is 193 Å².